The van der Waals surface area contributed by atoms with Gasteiger partial charge >= 0.3 is 0 Å². The average molecular weight is 409 g/mol. The zero-order valence-electron chi connectivity index (χ0n) is 17.9. The Morgan fingerprint density at radius 2 is 1.90 bits per heavy atom. The van der Waals surface area contributed by atoms with Crippen molar-refractivity contribution in [2.24, 2.45) is 5.92 Å². The van der Waals surface area contributed by atoms with E-state index in [1.54, 1.807) is 0 Å². The number of amides is 2. The van der Waals surface area contributed by atoms with Crippen molar-refractivity contribution in [2.75, 3.05) is 11.9 Å². The maximum absolute atomic E-state index is 12.9. The Bertz CT molecular complexity index is 878. The molecule has 1 aliphatic heterocycles. The van der Waals surface area contributed by atoms with E-state index in [1.165, 1.54) is 19.3 Å². The Labute approximate surface area is 178 Å². The second-order valence-corrected chi connectivity index (χ2v) is 8.63. The van der Waals surface area contributed by atoms with E-state index in [0.29, 0.717) is 18.9 Å². The van der Waals surface area contributed by atoms with Crippen molar-refractivity contribution < 1.29 is 14.0 Å². The summed E-state index contributed by atoms with van der Waals surface area (Å²) in [5, 5.41) is 2.94. The lowest BCUT2D eigenvalue weighted by Crippen LogP contribution is -2.40. The van der Waals surface area contributed by atoms with Crippen LogP contribution in [0.15, 0.2) is 34.7 Å². The number of nitrogens with zero attached hydrogens (tertiary/aromatic N) is 1. The Balaban J connectivity index is 1.40. The molecule has 30 heavy (non-hydrogen) atoms. The molecular formula is C25H32N2O3. The summed E-state index contributed by atoms with van der Waals surface area (Å²) in [6, 6.07) is 9.86. The number of furan rings is 1. The van der Waals surface area contributed by atoms with Gasteiger partial charge in [-0.2, -0.15) is 0 Å². The molecule has 0 saturated heterocycles. The highest BCUT2D eigenvalue weighted by molar-refractivity contribution is 5.90. The van der Waals surface area contributed by atoms with Crippen LogP contribution in [-0.2, 0) is 22.6 Å². The lowest BCUT2D eigenvalue weighted by atomic mass is 9.88. The Morgan fingerprint density at radius 3 is 2.63 bits per heavy atom. The predicted molar refractivity (Wildman–Crippen MR) is 118 cm³/mol. The van der Waals surface area contributed by atoms with Gasteiger partial charge in [0, 0.05) is 48.7 Å². The Kier molecular flexibility index (Phi) is 6.56. The molecule has 0 atom stereocenters. The summed E-state index contributed by atoms with van der Waals surface area (Å²) >= 11 is 0. The van der Waals surface area contributed by atoms with E-state index in [0.717, 1.165) is 67.0 Å². The molecule has 2 aliphatic rings. The predicted octanol–water partition coefficient (Wildman–Crippen LogP) is 5.54. The number of unbranched alkanes of at least 4 members (excludes halogenated alkanes) is 1. The zero-order valence-corrected chi connectivity index (χ0v) is 17.9. The second kappa shape index (κ2) is 9.50. The van der Waals surface area contributed by atoms with Gasteiger partial charge < -0.3 is 14.6 Å². The smallest absolute Gasteiger partial charge is 0.225 e. The van der Waals surface area contributed by atoms with Gasteiger partial charge in [0.2, 0.25) is 11.8 Å². The van der Waals surface area contributed by atoms with Gasteiger partial charge in [0.25, 0.3) is 0 Å². The molecule has 1 aromatic carbocycles. The van der Waals surface area contributed by atoms with Gasteiger partial charge in [-0.1, -0.05) is 32.6 Å². The van der Waals surface area contributed by atoms with Crippen molar-refractivity contribution in [3.8, 4) is 11.3 Å². The number of benzene rings is 1. The number of carbonyl (C=O) groups excluding carboxylic acids is 2. The van der Waals surface area contributed by atoms with Crippen molar-refractivity contribution in [1.82, 2.24) is 4.90 Å². The van der Waals surface area contributed by atoms with Crippen LogP contribution in [0.4, 0.5) is 5.69 Å². The minimum Gasteiger partial charge on any atom is -0.461 e. The monoisotopic (exact) mass is 408 g/mol. The highest BCUT2D eigenvalue weighted by Gasteiger charge is 2.30. The van der Waals surface area contributed by atoms with Crippen LogP contribution in [0.25, 0.3) is 11.3 Å². The molecule has 1 aromatic heterocycles. The van der Waals surface area contributed by atoms with Crippen LogP contribution in [0.3, 0.4) is 0 Å². The number of rotatable bonds is 6. The van der Waals surface area contributed by atoms with E-state index in [-0.39, 0.29) is 11.8 Å². The normalized spacial score (nSPS) is 16.9. The molecular weight excluding hydrogens is 376 g/mol. The van der Waals surface area contributed by atoms with E-state index in [1.807, 2.05) is 29.2 Å². The SMILES string of the molecule is CCCCC(=O)Nc1ccc(-c2cc3c(o2)CCN(C(=O)C2CCCCC2)C3)cc1. The van der Waals surface area contributed by atoms with Gasteiger partial charge in [0.1, 0.15) is 11.5 Å². The molecule has 1 fully saturated rings. The minimum atomic E-state index is 0.0563. The van der Waals surface area contributed by atoms with Crippen molar-refractivity contribution in [3.63, 3.8) is 0 Å². The number of hydrogen-bond donors (Lipinski definition) is 1. The molecule has 1 saturated carbocycles. The van der Waals surface area contributed by atoms with Gasteiger partial charge in [-0.3, -0.25) is 9.59 Å². The largest absolute Gasteiger partial charge is 0.461 e. The van der Waals surface area contributed by atoms with E-state index in [2.05, 4.69) is 18.3 Å². The molecule has 2 heterocycles. The van der Waals surface area contributed by atoms with E-state index >= 15 is 0 Å². The molecule has 2 aromatic rings. The number of fused-ring (bicyclic) bond motifs is 1. The summed E-state index contributed by atoms with van der Waals surface area (Å²) in [6.07, 6.45) is 8.96. The highest BCUT2D eigenvalue weighted by atomic mass is 16.3. The third-order valence-corrected chi connectivity index (χ3v) is 6.34. The van der Waals surface area contributed by atoms with Crippen molar-refractivity contribution in [3.05, 3.63) is 41.7 Å². The molecule has 5 nitrogen and oxygen atoms in total. The van der Waals surface area contributed by atoms with Crippen molar-refractivity contribution in [2.45, 2.75) is 71.3 Å². The highest BCUT2D eigenvalue weighted by Crippen LogP contribution is 2.32. The summed E-state index contributed by atoms with van der Waals surface area (Å²) < 4.78 is 6.11. The van der Waals surface area contributed by atoms with Gasteiger partial charge in [0.05, 0.1) is 0 Å². The van der Waals surface area contributed by atoms with Crippen LogP contribution >= 0.6 is 0 Å². The number of hydrogen-bond acceptors (Lipinski definition) is 3. The molecule has 0 radical (unpaired) electrons. The quantitative estimate of drug-likeness (QED) is 0.682. The number of carbonyl (C=O) groups is 2. The van der Waals surface area contributed by atoms with Crippen LogP contribution in [0, 0.1) is 5.92 Å². The summed E-state index contributed by atoms with van der Waals surface area (Å²) in [6.45, 7) is 3.48. The topological polar surface area (TPSA) is 62.6 Å². The minimum absolute atomic E-state index is 0.0563. The second-order valence-electron chi connectivity index (χ2n) is 8.63. The fourth-order valence-corrected chi connectivity index (χ4v) is 4.55. The fourth-order valence-electron chi connectivity index (χ4n) is 4.55. The van der Waals surface area contributed by atoms with Crippen LogP contribution < -0.4 is 5.32 Å². The molecule has 0 spiro atoms. The molecule has 0 bridgehead atoms. The van der Waals surface area contributed by atoms with Gasteiger partial charge in [-0.25, -0.2) is 0 Å². The van der Waals surface area contributed by atoms with Crippen LogP contribution in [0.1, 0.15) is 69.6 Å². The first-order chi connectivity index (χ1) is 14.6. The lowest BCUT2D eigenvalue weighted by molar-refractivity contribution is -0.137. The number of anilines is 1. The molecule has 2 amide bonds. The maximum Gasteiger partial charge on any atom is 0.225 e. The summed E-state index contributed by atoms with van der Waals surface area (Å²) in [7, 11) is 0. The van der Waals surface area contributed by atoms with Crippen molar-refractivity contribution >= 4 is 17.5 Å². The average Bonchev–Trinajstić information content (AvgIpc) is 3.21. The van der Waals surface area contributed by atoms with Crippen molar-refractivity contribution in [1.29, 1.82) is 0 Å². The van der Waals surface area contributed by atoms with E-state index in [4.69, 9.17) is 4.42 Å². The van der Waals surface area contributed by atoms with Crippen LogP contribution in [0.5, 0.6) is 0 Å². The lowest BCUT2D eigenvalue weighted by Gasteiger charge is -2.31. The van der Waals surface area contributed by atoms with Gasteiger partial charge in [0.15, 0.2) is 0 Å². The van der Waals surface area contributed by atoms with E-state index < -0.39 is 0 Å². The zero-order chi connectivity index (χ0) is 20.9. The maximum atomic E-state index is 12.9. The molecule has 5 heteroatoms. The van der Waals surface area contributed by atoms with E-state index in [9.17, 15) is 9.59 Å². The Morgan fingerprint density at radius 1 is 1.13 bits per heavy atom. The molecule has 160 valence electrons. The summed E-state index contributed by atoms with van der Waals surface area (Å²) in [4.78, 5) is 26.8. The standard InChI is InChI=1S/C25H32N2O3/c1-2-3-9-24(28)26-21-12-10-18(11-13-21)23-16-20-17-27(15-14-22(20)30-23)25(29)19-7-5-4-6-8-19/h10-13,16,19H,2-9,14-15,17H2,1H3,(H,26,28). The summed E-state index contributed by atoms with van der Waals surface area (Å²) in [5.41, 5.74) is 2.92. The molecule has 1 aliphatic carbocycles. The molecule has 1 N–H and O–H groups in total. The first-order valence-electron chi connectivity index (χ1n) is 11.4. The first kappa shape index (κ1) is 20.7. The molecule has 0 unspecified atom stereocenters. The third kappa shape index (κ3) is 4.77. The summed E-state index contributed by atoms with van der Waals surface area (Å²) in [5.74, 6) is 2.42. The fraction of sp³-hybridized carbons (Fsp3) is 0.520. The number of nitrogens with one attached hydrogen (secondary N) is 1. The van der Waals surface area contributed by atoms with Crippen LogP contribution in [0.2, 0.25) is 0 Å². The van der Waals surface area contributed by atoms with Gasteiger partial charge in [-0.15, -0.1) is 0 Å². The first-order valence-corrected chi connectivity index (χ1v) is 11.4. The van der Waals surface area contributed by atoms with Gasteiger partial charge in [-0.05, 0) is 49.6 Å². The third-order valence-electron chi connectivity index (χ3n) is 6.34. The van der Waals surface area contributed by atoms with Crippen LogP contribution in [-0.4, -0.2) is 23.3 Å². The Hall–Kier alpha value is -2.56. The molecule has 4 rings (SSSR count).